The molecular weight excluding hydrogens is 248 g/mol. The molecule has 2 rings (SSSR count). The molecule has 3 heteroatoms. The van der Waals surface area contributed by atoms with Crippen LogP contribution in [0.25, 0.3) is 0 Å². The van der Waals surface area contributed by atoms with Crippen LogP contribution in [0.4, 0.5) is 0 Å². The van der Waals surface area contributed by atoms with E-state index in [-0.39, 0.29) is 11.9 Å². The van der Waals surface area contributed by atoms with Crippen LogP contribution in [0.15, 0.2) is 24.3 Å². The molecule has 0 aromatic heterocycles. The van der Waals surface area contributed by atoms with E-state index in [9.17, 15) is 4.79 Å². The molecule has 3 nitrogen and oxygen atoms in total. The predicted octanol–water partition coefficient (Wildman–Crippen LogP) is 2.56. The van der Waals surface area contributed by atoms with Gasteiger partial charge in [-0.05, 0) is 42.9 Å². The van der Waals surface area contributed by atoms with Gasteiger partial charge in [-0.1, -0.05) is 37.6 Å². The highest BCUT2D eigenvalue weighted by Crippen LogP contribution is 2.29. The molecule has 1 aromatic rings. The monoisotopic (exact) mass is 274 g/mol. The molecule has 20 heavy (non-hydrogen) atoms. The number of amides is 1. The highest BCUT2D eigenvalue weighted by molar-refractivity contribution is 5.81. The Morgan fingerprint density at radius 1 is 1.40 bits per heavy atom. The summed E-state index contributed by atoms with van der Waals surface area (Å²) in [4.78, 5) is 13.8. The molecule has 0 saturated carbocycles. The van der Waals surface area contributed by atoms with Crippen molar-refractivity contribution in [3.8, 4) is 0 Å². The number of nitrogens with zero attached hydrogens (tertiary/aromatic N) is 1. The van der Waals surface area contributed by atoms with Crippen LogP contribution in [0.2, 0.25) is 0 Å². The topological polar surface area (TPSA) is 32.3 Å². The summed E-state index contributed by atoms with van der Waals surface area (Å²) in [6.07, 6.45) is 4.34. The summed E-state index contributed by atoms with van der Waals surface area (Å²) in [6.45, 7) is 3.13. The summed E-state index contributed by atoms with van der Waals surface area (Å²) in [5.41, 5.74) is 2.81. The maximum absolute atomic E-state index is 12.1. The first-order valence-corrected chi connectivity index (χ1v) is 7.65. The number of aryl methyl sites for hydroxylation is 1. The number of likely N-dealkylation sites (N-methyl/N-ethyl adjacent to an activating group) is 1. The van der Waals surface area contributed by atoms with Crippen molar-refractivity contribution < 1.29 is 4.79 Å². The molecule has 0 bridgehead atoms. The number of carbonyl (C=O) groups is 1. The fourth-order valence-corrected chi connectivity index (χ4v) is 3.01. The number of rotatable bonds is 4. The first-order chi connectivity index (χ1) is 9.61. The zero-order valence-corrected chi connectivity index (χ0v) is 12.9. The Morgan fingerprint density at radius 2 is 2.20 bits per heavy atom. The molecular formula is C17H26N2O. The first-order valence-electron chi connectivity index (χ1n) is 7.65. The highest BCUT2D eigenvalue weighted by Gasteiger charge is 2.28. The van der Waals surface area contributed by atoms with Crippen molar-refractivity contribution in [1.82, 2.24) is 10.2 Å². The Bertz CT molecular complexity index is 456. The highest BCUT2D eigenvalue weighted by atomic mass is 16.2. The van der Waals surface area contributed by atoms with Crippen LogP contribution >= 0.6 is 0 Å². The molecule has 1 fully saturated rings. The minimum Gasteiger partial charge on any atom is -0.347 e. The van der Waals surface area contributed by atoms with Crippen LogP contribution in [0.3, 0.4) is 0 Å². The summed E-state index contributed by atoms with van der Waals surface area (Å²) in [5.74, 6) is 0.696. The van der Waals surface area contributed by atoms with Gasteiger partial charge in [-0.15, -0.1) is 0 Å². The first kappa shape index (κ1) is 15.0. The van der Waals surface area contributed by atoms with Gasteiger partial charge in [-0.2, -0.15) is 0 Å². The maximum atomic E-state index is 12.1. The van der Waals surface area contributed by atoms with E-state index in [2.05, 4.69) is 36.5 Å². The molecule has 110 valence electrons. The Kier molecular flexibility index (Phi) is 5.18. The third-order valence-corrected chi connectivity index (χ3v) is 4.10. The molecule has 1 heterocycles. The lowest BCUT2D eigenvalue weighted by Crippen LogP contribution is -2.47. The molecule has 2 atom stereocenters. The SMILES string of the molecule is CCCc1cccc(C2CCNC(C(=O)N(C)C)C2)c1. The van der Waals surface area contributed by atoms with Crippen molar-refractivity contribution >= 4 is 5.91 Å². The Labute approximate surface area is 122 Å². The van der Waals surface area contributed by atoms with Crippen LogP contribution in [-0.2, 0) is 11.2 Å². The normalized spacial score (nSPS) is 22.6. The zero-order valence-electron chi connectivity index (χ0n) is 12.9. The molecule has 0 aliphatic carbocycles. The van der Waals surface area contributed by atoms with Gasteiger partial charge in [-0.25, -0.2) is 0 Å². The lowest BCUT2D eigenvalue weighted by atomic mass is 9.85. The fourth-order valence-electron chi connectivity index (χ4n) is 3.01. The second-order valence-electron chi connectivity index (χ2n) is 5.96. The van der Waals surface area contributed by atoms with E-state index in [1.54, 1.807) is 4.90 Å². The zero-order chi connectivity index (χ0) is 14.5. The van der Waals surface area contributed by atoms with Gasteiger partial charge in [-0.3, -0.25) is 4.79 Å². The predicted molar refractivity (Wildman–Crippen MR) is 82.9 cm³/mol. The number of hydrogen-bond donors (Lipinski definition) is 1. The molecule has 1 amide bonds. The number of nitrogens with one attached hydrogen (secondary N) is 1. The van der Waals surface area contributed by atoms with E-state index in [0.29, 0.717) is 5.92 Å². The quantitative estimate of drug-likeness (QED) is 0.915. The second kappa shape index (κ2) is 6.89. The summed E-state index contributed by atoms with van der Waals surface area (Å²) in [6, 6.07) is 8.88. The molecule has 1 aromatic carbocycles. The van der Waals surface area contributed by atoms with Gasteiger partial charge in [0.25, 0.3) is 0 Å². The molecule has 2 unspecified atom stereocenters. The summed E-state index contributed by atoms with van der Waals surface area (Å²) in [5, 5.41) is 3.35. The van der Waals surface area contributed by atoms with Crippen molar-refractivity contribution in [3.05, 3.63) is 35.4 Å². The van der Waals surface area contributed by atoms with Gasteiger partial charge >= 0.3 is 0 Å². The van der Waals surface area contributed by atoms with Crippen molar-refractivity contribution in [1.29, 1.82) is 0 Å². The summed E-state index contributed by atoms with van der Waals surface area (Å²) < 4.78 is 0. The average molecular weight is 274 g/mol. The number of hydrogen-bond acceptors (Lipinski definition) is 2. The van der Waals surface area contributed by atoms with E-state index in [1.165, 1.54) is 17.5 Å². The summed E-state index contributed by atoms with van der Waals surface area (Å²) >= 11 is 0. The lowest BCUT2D eigenvalue weighted by molar-refractivity contribution is -0.131. The van der Waals surface area contributed by atoms with Crippen LogP contribution in [0.5, 0.6) is 0 Å². The van der Waals surface area contributed by atoms with Crippen molar-refractivity contribution in [2.45, 2.75) is 44.6 Å². The average Bonchev–Trinajstić information content (AvgIpc) is 2.47. The van der Waals surface area contributed by atoms with E-state index < -0.39 is 0 Å². The van der Waals surface area contributed by atoms with Crippen LogP contribution < -0.4 is 5.32 Å². The smallest absolute Gasteiger partial charge is 0.239 e. The van der Waals surface area contributed by atoms with Crippen molar-refractivity contribution in [3.63, 3.8) is 0 Å². The third kappa shape index (κ3) is 3.60. The van der Waals surface area contributed by atoms with Gasteiger partial charge in [0, 0.05) is 14.1 Å². The van der Waals surface area contributed by atoms with Gasteiger partial charge in [0.2, 0.25) is 5.91 Å². The van der Waals surface area contributed by atoms with E-state index in [0.717, 1.165) is 25.8 Å². The number of carbonyl (C=O) groups excluding carboxylic acids is 1. The second-order valence-corrected chi connectivity index (χ2v) is 5.96. The lowest BCUT2D eigenvalue weighted by Gasteiger charge is -2.31. The van der Waals surface area contributed by atoms with Gasteiger partial charge < -0.3 is 10.2 Å². The maximum Gasteiger partial charge on any atom is 0.239 e. The molecule has 1 aliphatic heterocycles. The summed E-state index contributed by atoms with van der Waals surface area (Å²) in [7, 11) is 3.66. The minimum absolute atomic E-state index is 0.0291. The van der Waals surface area contributed by atoms with Crippen LogP contribution in [-0.4, -0.2) is 37.5 Å². The Hall–Kier alpha value is -1.35. The third-order valence-electron chi connectivity index (χ3n) is 4.10. The number of piperidine rings is 1. The Balaban J connectivity index is 2.08. The van der Waals surface area contributed by atoms with E-state index in [4.69, 9.17) is 0 Å². The minimum atomic E-state index is -0.0291. The van der Waals surface area contributed by atoms with E-state index in [1.807, 2.05) is 14.1 Å². The fraction of sp³-hybridized carbons (Fsp3) is 0.588. The largest absolute Gasteiger partial charge is 0.347 e. The molecule has 1 saturated heterocycles. The number of benzene rings is 1. The Morgan fingerprint density at radius 3 is 2.90 bits per heavy atom. The molecule has 0 spiro atoms. The van der Waals surface area contributed by atoms with Gasteiger partial charge in [0.05, 0.1) is 6.04 Å². The van der Waals surface area contributed by atoms with Crippen molar-refractivity contribution in [2.75, 3.05) is 20.6 Å². The van der Waals surface area contributed by atoms with Crippen molar-refractivity contribution in [2.24, 2.45) is 0 Å². The molecule has 1 aliphatic rings. The van der Waals surface area contributed by atoms with Crippen LogP contribution in [0, 0.1) is 0 Å². The van der Waals surface area contributed by atoms with Gasteiger partial charge in [0.1, 0.15) is 0 Å². The van der Waals surface area contributed by atoms with E-state index >= 15 is 0 Å². The molecule has 0 radical (unpaired) electrons. The van der Waals surface area contributed by atoms with Crippen LogP contribution in [0.1, 0.15) is 43.2 Å². The standard InChI is InChI=1S/C17H26N2O/c1-4-6-13-7-5-8-14(11-13)15-9-10-18-16(12-15)17(20)19(2)3/h5,7-8,11,15-16,18H,4,6,9-10,12H2,1-3H3. The molecule has 1 N–H and O–H groups in total. The van der Waals surface area contributed by atoms with Gasteiger partial charge in [0.15, 0.2) is 0 Å².